The SMILES string of the molecule is COc1ccc(OCCCN2CCCCC2CO)cc1. The van der Waals surface area contributed by atoms with Crippen molar-refractivity contribution in [1.29, 1.82) is 0 Å². The lowest BCUT2D eigenvalue weighted by atomic mass is 10.0. The zero-order chi connectivity index (χ0) is 14.2. The van der Waals surface area contributed by atoms with Crippen LogP contribution in [0.4, 0.5) is 0 Å². The van der Waals surface area contributed by atoms with Crippen molar-refractivity contribution in [2.45, 2.75) is 31.7 Å². The van der Waals surface area contributed by atoms with Gasteiger partial charge in [-0.2, -0.15) is 0 Å². The van der Waals surface area contributed by atoms with Gasteiger partial charge in [-0.1, -0.05) is 6.42 Å². The van der Waals surface area contributed by atoms with Crippen LogP contribution in [-0.4, -0.2) is 49.5 Å². The molecule has 4 heteroatoms. The van der Waals surface area contributed by atoms with Crippen molar-refractivity contribution in [2.75, 3.05) is 33.4 Å². The van der Waals surface area contributed by atoms with Crippen molar-refractivity contribution >= 4 is 0 Å². The van der Waals surface area contributed by atoms with E-state index in [1.807, 2.05) is 24.3 Å². The maximum Gasteiger partial charge on any atom is 0.119 e. The van der Waals surface area contributed by atoms with E-state index in [-0.39, 0.29) is 6.61 Å². The molecule has 1 unspecified atom stereocenters. The summed E-state index contributed by atoms with van der Waals surface area (Å²) in [6.07, 6.45) is 4.60. The van der Waals surface area contributed by atoms with E-state index in [2.05, 4.69) is 4.90 Å². The van der Waals surface area contributed by atoms with Gasteiger partial charge in [-0.3, -0.25) is 4.90 Å². The summed E-state index contributed by atoms with van der Waals surface area (Å²) >= 11 is 0. The van der Waals surface area contributed by atoms with Crippen LogP contribution in [0.3, 0.4) is 0 Å². The summed E-state index contributed by atoms with van der Waals surface area (Å²) in [6.45, 7) is 3.09. The summed E-state index contributed by atoms with van der Waals surface area (Å²) in [6, 6.07) is 8.01. The molecule has 0 aromatic heterocycles. The highest BCUT2D eigenvalue weighted by atomic mass is 16.5. The molecule has 1 aliphatic heterocycles. The van der Waals surface area contributed by atoms with Crippen molar-refractivity contribution < 1.29 is 14.6 Å². The third-order valence-corrected chi connectivity index (χ3v) is 3.88. The lowest BCUT2D eigenvalue weighted by Gasteiger charge is -2.34. The van der Waals surface area contributed by atoms with E-state index in [1.165, 1.54) is 12.8 Å². The Labute approximate surface area is 121 Å². The molecule has 0 spiro atoms. The zero-order valence-electron chi connectivity index (χ0n) is 12.3. The Balaban J connectivity index is 1.67. The average molecular weight is 279 g/mol. The standard InChI is InChI=1S/C16H25NO3/c1-19-15-6-8-16(9-7-15)20-12-4-11-17-10-3-2-5-14(17)13-18/h6-9,14,18H,2-5,10-13H2,1H3. The van der Waals surface area contributed by atoms with Gasteiger partial charge in [0.2, 0.25) is 0 Å². The maximum atomic E-state index is 9.36. The molecule has 4 nitrogen and oxygen atoms in total. The molecule has 1 saturated heterocycles. The van der Waals surface area contributed by atoms with Crippen LogP contribution in [0, 0.1) is 0 Å². The van der Waals surface area contributed by atoms with E-state index in [0.717, 1.165) is 37.4 Å². The van der Waals surface area contributed by atoms with Crippen LogP contribution < -0.4 is 9.47 Å². The molecule has 0 saturated carbocycles. The first kappa shape index (κ1) is 15.1. The van der Waals surface area contributed by atoms with Crippen molar-refractivity contribution in [2.24, 2.45) is 0 Å². The first-order chi connectivity index (χ1) is 9.83. The molecule has 2 rings (SSSR count). The minimum atomic E-state index is 0.277. The van der Waals surface area contributed by atoms with Crippen LogP contribution in [0.5, 0.6) is 11.5 Å². The van der Waals surface area contributed by atoms with E-state index in [1.54, 1.807) is 7.11 Å². The smallest absolute Gasteiger partial charge is 0.119 e. The summed E-state index contributed by atoms with van der Waals surface area (Å²) in [5, 5.41) is 9.36. The van der Waals surface area contributed by atoms with Crippen molar-refractivity contribution in [3.8, 4) is 11.5 Å². The minimum Gasteiger partial charge on any atom is -0.497 e. The number of benzene rings is 1. The van der Waals surface area contributed by atoms with Crippen LogP contribution >= 0.6 is 0 Å². The molecule has 1 atom stereocenters. The van der Waals surface area contributed by atoms with Gasteiger partial charge in [0, 0.05) is 12.6 Å². The topological polar surface area (TPSA) is 41.9 Å². The number of hydrogen-bond donors (Lipinski definition) is 1. The molecule has 0 radical (unpaired) electrons. The largest absolute Gasteiger partial charge is 0.497 e. The number of ether oxygens (including phenoxy) is 2. The Morgan fingerprint density at radius 2 is 1.95 bits per heavy atom. The molecule has 0 aliphatic carbocycles. The summed E-state index contributed by atoms with van der Waals surface area (Å²) < 4.78 is 10.8. The maximum absolute atomic E-state index is 9.36. The number of likely N-dealkylation sites (tertiary alicyclic amines) is 1. The predicted octanol–water partition coefficient (Wildman–Crippen LogP) is 2.31. The molecule has 1 fully saturated rings. The summed E-state index contributed by atoms with van der Waals surface area (Å²) in [4.78, 5) is 2.39. The molecule has 1 aliphatic rings. The number of rotatable bonds is 7. The molecule has 1 aromatic rings. The van der Waals surface area contributed by atoms with Gasteiger partial charge >= 0.3 is 0 Å². The number of piperidine rings is 1. The summed E-state index contributed by atoms with van der Waals surface area (Å²) in [7, 11) is 1.66. The van der Waals surface area contributed by atoms with Gasteiger partial charge in [-0.15, -0.1) is 0 Å². The monoisotopic (exact) mass is 279 g/mol. The van der Waals surface area contributed by atoms with Crippen LogP contribution in [0.15, 0.2) is 24.3 Å². The van der Waals surface area contributed by atoms with Gasteiger partial charge < -0.3 is 14.6 Å². The molecule has 1 aromatic carbocycles. The van der Waals surface area contributed by atoms with Gasteiger partial charge in [0.05, 0.1) is 20.3 Å². The highest BCUT2D eigenvalue weighted by molar-refractivity contribution is 5.31. The van der Waals surface area contributed by atoms with Gasteiger partial charge in [0.25, 0.3) is 0 Å². The highest BCUT2D eigenvalue weighted by Crippen LogP contribution is 2.18. The predicted molar refractivity (Wildman–Crippen MR) is 79.4 cm³/mol. The fourth-order valence-electron chi connectivity index (χ4n) is 2.69. The second-order valence-electron chi connectivity index (χ2n) is 5.25. The second kappa shape index (κ2) is 8.12. The van der Waals surface area contributed by atoms with Crippen LogP contribution in [0.1, 0.15) is 25.7 Å². The van der Waals surface area contributed by atoms with Crippen molar-refractivity contribution in [3.05, 3.63) is 24.3 Å². The number of nitrogens with zero attached hydrogens (tertiary/aromatic N) is 1. The Bertz CT molecular complexity index is 380. The normalized spacial score (nSPS) is 19.8. The van der Waals surface area contributed by atoms with E-state index in [0.29, 0.717) is 12.6 Å². The van der Waals surface area contributed by atoms with Crippen LogP contribution in [0.2, 0.25) is 0 Å². The number of aliphatic hydroxyl groups is 1. The summed E-state index contributed by atoms with van der Waals surface area (Å²) in [5.41, 5.74) is 0. The van der Waals surface area contributed by atoms with Crippen molar-refractivity contribution in [1.82, 2.24) is 4.90 Å². The van der Waals surface area contributed by atoms with Gasteiger partial charge in [-0.25, -0.2) is 0 Å². The first-order valence-electron chi connectivity index (χ1n) is 7.45. The van der Waals surface area contributed by atoms with Crippen LogP contribution in [-0.2, 0) is 0 Å². The average Bonchev–Trinajstić information content (AvgIpc) is 2.52. The molecule has 0 amide bonds. The molecule has 0 bridgehead atoms. The van der Waals surface area contributed by atoms with E-state index < -0.39 is 0 Å². The summed E-state index contributed by atoms with van der Waals surface area (Å²) in [5.74, 6) is 1.72. The van der Waals surface area contributed by atoms with E-state index in [9.17, 15) is 5.11 Å². The molecular formula is C16H25NO3. The van der Waals surface area contributed by atoms with Crippen molar-refractivity contribution in [3.63, 3.8) is 0 Å². The number of aliphatic hydroxyl groups excluding tert-OH is 1. The Hall–Kier alpha value is -1.26. The Morgan fingerprint density at radius 3 is 2.65 bits per heavy atom. The third kappa shape index (κ3) is 4.39. The molecule has 1 N–H and O–H groups in total. The Morgan fingerprint density at radius 1 is 1.20 bits per heavy atom. The first-order valence-corrected chi connectivity index (χ1v) is 7.45. The van der Waals surface area contributed by atoms with Gasteiger partial charge in [0.1, 0.15) is 11.5 Å². The fourth-order valence-corrected chi connectivity index (χ4v) is 2.69. The molecule has 112 valence electrons. The fraction of sp³-hybridized carbons (Fsp3) is 0.625. The van der Waals surface area contributed by atoms with E-state index in [4.69, 9.17) is 9.47 Å². The third-order valence-electron chi connectivity index (χ3n) is 3.88. The lowest BCUT2D eigenvalue weighted by Crippen LogP contribution is -2.42. The molecule has 1 heterocycles. The second-order valence-corrected chi connectivity index (χ2v) is 5.25. The molecule has 20 heavy (non-hydrogen) atoms. The van der Waals surface area contributed by atoms with Crippen LogP contribution in [0.25, 0.3) is 0 Å². The zero-order valence-corrected chi connectivity index (χ0v) is 12.3. The Kier molecular flexibility index (Phi) is 6.15. The number of methoxy groups -OCH3 is 1. The minimum absolute atomic E-state index is 0.277. The van der Waals surface area contributed by atoms with E-state index >= 15 is 0 Å². The quantitative estimate of drug-likeness (QED) is 0.778. The molecular weight excluding hydrogens is 254 g/mol. The van der Waals surface area contributed by atoms with Gasteiger partial charge in [-0.05, 0) is 50.1 Å². The number of hydrogen-bond acceptors (Lipinski definition) is 4. The van der Waals surface area contributed by atoms with Gasteiger partial charge in [0.15, 0.2) is 0 Å². The lowest BCUT2D eigenvalue weighted by molar-refractivity contribution is 0.0851. The highest BCUT2D eigenvalue weighted by Gasteiger charge is 2.20.